The number of aryl methyl sites for hydroxylation is 1. The zero-order valence-corrected chi connectivity index (χ0v) is 18.9. The number of hydrogen-bond donors (Lipinski definition) is 1. The molecule has 1 aliphatic rings. The fraction of sp³-hybridized carbons (Fsp3) is 0.240. The Morgan fingerprint density at radius 2 is 1.84 bits per heavy atom. The van der Waals surface area contributed by atoms with Gasteiger partial charge in [-0.3, -0.25) is 14.5 Å². The van der Waals surface area contributed by atoms with Gasteiger partial charge in [0.25, 0.3) is 5.91 Å². The largest absolute Gasteiger partial charge is 0.352 e. The number of amides is 2. The first-order valence-corrected chi connectivity index (χ1v) is 11.2. The first-order chi connectivity index (χ1) is 14.9. The fourth-order valence-electron chi connectivity index (χ4n) is 3.02. The van der Waals surface area contributed by atoms with Crippen LogP contribution in [0.5, 0.6) is 0 Å². The van der Waals surface area contributed by atoms with E-state index in [0.29, 0.717) is 23.3 Å². The van der Waals surface area contributed by atoms with Crippen LogP contribution in [0.15, 0.2) is 71.9 Å². The van der Waals surface area contributed by atoms with Crippen LogP contribution in [0.2, 0.25) is 0 Å². The molecule has 160 valence electrons. The molecule has 0 bridgehead atoms. The van der Waals surface area contributed by atoms with Gasteiger partial charge < -0.3 is 5.32 Å². The van der Waals surface area contributed by atoms with Crippen LogP contribution in [0.3, 0.4) is 0 Å². The van der Waals surface area contributed by atoms with Crippen molar-refractivity contribution < 1.29 is 9.59 Å². The minimum absolute atomic E-state index is 0.134. The maximum atomic E-state index is 13.2. The van der Waals surface area contributed by atoms with Gasteiger partial charge in [-0.15, -0.1) is 6.58 Å². The minimum atomic E-state index is -0.203. The number of nitrogens with one attached hydrogen (secondary N) is 1. The van der Waals surface area contributed by atoms with Gasteiger partial charge in [0.1, 0.15) is 5.70 Å². The van der Waals surface area contributed by atoms with Crippen molar-refractivity contribution in [3.05, 3.63) is 83.6 Å². The molecule has 0 saturated carbocycles. The van der Waals surface area contributed by atoms with Crippen LogP contribution >= 0.6 is 11.8 Å². The molecule has 5 nitrogen and oxygen atoms in total. The van der Waals surface area contributed by atoms with Crippen LogP contribution in [0.25, 0.3) is 6.08 Å². The zero-order chi connectivity index (χ0) is 22.4. The number of thioether (sulfide) groups is 1. The summed E-state index contributed by atoms with van der Waals surface area (Å²) < 4.78 is 0. The number of rotatable bonds is 7. The fourth-order valence-corrected chi connectivity index (χ4v) is 3.86. The molecule has 0 atom stereocenters. The smallest absolute Gasteiger partial charge is 0.283 e. The lowest BCUT2D eigenvalue weighted by Crippen LogP contribution is -2.32. The minimum Gasteiger partial charge on any atom is -0.352 e. The molecule has 6 heteroatoms. The summed E-state index contributed by atoms with van der Waals surface area (Å²) in [5, 5.41) is 3.24. The molecule has 2 aromatic rings. The second-order valence-corrected chi connectivity index (χ2v) is 8.55. The molecule has 0 unspecified atom stereocenters. The molecule has 0 spiro atoms. The van der Waals surface area contributed by atoms with Crippen LogP contribution in [-0.4, -0.2) is 29.3 Å². The molecule has 3 rings (SSSR count). The SMILES string of the molecule is C=CCNC(=O)CSC1=N/C(=C\c2ccc(C(C)C)cc2)C(=O)N1c1ccc(C)cc1. The van der Waals surface area contributed by atoms with E-state index in [1.807, 2.05) is 43.3 Å². The van der Waals surface area contributed by atoms with E-state index in [0.717, 1.165) is 16.8 Å². The van der Waals surface area contributed by atoms with E-state index < -0.39 is 0 Å². The molecule has 0 radical (unpaired) electrons. The van der Waals surface area contributed by atoms with Gasteiger partial charge in [-0.2, -0.15) is 0 Å². The lowest BCUT2D eigenvalue weighted by molar-refractivity contribution is -0.118. The second-order valence-electron chi connectivity index (χ2n) is 7.60. The lowest BCUT2D eigenvalue weighted by Gasteiger charge is -2.18. The monoisotopic (exact) mass is 433 g/mol. The Morgan fingerprint density at radius 3 is 2.45 bits per heavy atom. The summed E-state index contributed by atoms with van der Waals surface area (Å²) in [5.41, 5.74) is 4.34. The Labute approximate surface area is 187 Å². The van der Waals surface area contributed by atoms with Crippen LogP contribution in [-0.2, 0) is 9.59 Å². The van der Waals surface area contributed by atoms with Crippen molar-refractivity contribution >= 4 is 40.5 Å². The van der Waals surface area contributed by atoms with Crippen LogP contribution < -0.4 is 10.2 Å². The van der Waals surface area contributed by atoms with Crippen LogP contribution in [0, 0.1) is 6.92 Å². The van der Waals surface area contributed by atoms with E-state index in [1.165, 1.54) is 17.3 Å². The predicted octanol–water partition coefficient (Wildman–Crippen LogP) is 4.90. The number of aliphatic imine (C=N–C) groups is 1. The van der Waals surface area contributed by atoms with E-state index in [2.05, 4.69) is 42.9 Å². The van der Waals surface area contributed by atoms with Gasteiger partial charge >= 0.3 is 0 Å². The molecule has 0 aromatic heterocycles. The molecule has 1 heterocycles. The standard InChI is InChI=1S/C25H27N3O2S/c1-5-14-26-23(29)16-31-25-27-22(15-19-8-10-20(11-9-19)17(2)3)24(30)28(25)21-12-6-18(4)7-13-21/h5-13,15,17H,1,14,16H2,2-4H3,(H,26,29)/b22-15-. The van der Waals surface area contributed by atoms with Gasteiger partial charge in [-0.05, 0) is 42.2 Å². The average molecular weight is 434 g/mol. The Balaban J connectivity index is 1.88. The third-order valence-corrected chi connectivity index (χ3v) is 5.74. The van der Waals surface area contributed by atoms with Gasteiger partial charge in [0.05, 0.1) is 11.4 Å². The number of amidine groups is 1. The van der Waals surface area contributed by atoms with Crippen molar-refractivity contribution in [2.24, 2.45) is 4.99 Å². The van der Waals surface area contributed by atoms with Gasteiger partial charge in [0, 0.05) is 6.54 Å². The van der Waals surface area contributed by atoms with E-state index in [-0.39, 0.29) is 17.6 Å². The highest BCUT2D eigenvalue weighted by atomic mass is 32.2. The Hall–Kier alpha value is -3.12. The molecule has 1 aliphatic heterocycles. The van der Waals surface area contributed by atoms with Crippen molar-refractivity contribution in [2.45, 2.75) is 26.7 Å². The molecule has 2 amide bonds. The number of carbonyl (C=O) groups excluding carboxylic acids is 2. The molecular weight excluding hydrogens is 406 g/mol. The molecule has 1 N–H and O–H groups in total. The number of nitrogens with zero attached hydrogens (tertiary/aromatic N) is 2. The molecule has 0 fully saturated rings. The van der Waals surface area contributed by atoms with Crippen molar-refractivity contribution in [2.75, 3.05) is 17.2 Å². The Morgan fingerprint density at radius 1 is 1.16 bits per heavy atom. The summed E-state index contributed by atoms with van der Waals surface area (Å²) in [4.78, 5) is 31.4. The van der Waals surface area contributed by atoms with Crippen LogP contribution in [0.1, 0.15) is 36.5 Å². The van der Waals surface area contributed by atoms with Crippen molar-refractivity contribution in [3.63, 3.8) is 0 Å². The third kappa shape index (κ3) is 5.73. The quantitative estimate of drug-likeness (QED) is 0.499. The first kappa shape index (κ1) is 22.6. The van der Waals surface area contributed by atoms with E-state index in [1.54, 1.807) is 17.1 Å². The lowest BCUT2D eigenvalue weighted by atomic mass is 10.0. The number of benzene rings is 2. The van der Waals surface area contributed by atoms with E-state index >= 15 is 0 Å². The predicted molar refractivity (Wildman–Crippen MR) is 130 cm³/mol. The summed E-state index contributed by atoms with van der Waals surface area (Å²) in [6, 6.07) is 15.8. The Kier molecular flexibility index (Phi) is 7.47. The maximum absolute atomic E-state index is 13.2. The highest BCUT2D eigenvalue weighted by Crippen LogP contribution is 2.29. The van der Waals surface area contributed by atoms with E-state index in [9.17, 15) is 9.59 Å². The first-order valence-electron chi connectivity index (χ1n) is 10.2. The molecule has 0 aliphatic carbocycles. The molecular formula is C25H27N3O2S. The highest BCUT2D eigenvalue weighted by Gasteiger charge is 2.32. The number of anilines is 1. The Bertz CT molecular complexity index is 1020. The topological polar surface area (TPSA) is 61.8 Å². The molecule has 0 saturated heterocycles. The number of carbonyl (C=O) groups is 2. The third-order valence-electron chi connectivity index (χ3n) is 4.80. The van der Waals surface area contributed by atoms with Crippen molar-refractivity contribution in [3.8, 4) is 0 Å². The zero-order valence-electron chi connectivity index (χ0n) is 18.1. The van der Waals surface area contributed by atoms with Gasteiger partial charge in [-0.25, -0.2) is 4.99 Å². The summed E-state index contributed by atoms with van der Waals surface area (Å²) in [6.07, 6.45) is 3.42. The summed E-state index contributed by atoms with van der Waals surface area (Å²) in [6.45, 7) is 10.3. The molecule has 2 aromatic carbocycles. The van der Waals surface area contributed by atoms with Gasteiger partial charge in [0.15, 0.2) is 5.17 Å². The number of hydrogen-bond acceptors (Lipinski definition) is 4. The van der Waals surface area contributed by atoms with Crippen molar-refractivity contribution in [1.82, 2.24) is 5.32 Å². The maximum Gasteiger partial charge on any atom is 0.283 e. The normalized spacial score (nSPS) is 14.8. The highest BCUT2D eigenvalue weighted by molar-refractivity contribution is 8.14. The summed E-state index contributed by atoms with van der Waals surface area (Å²) in [5.74, 6) is 0.273. The summed E-state index contributed by atoms with van der Waals surface area (Å²) >= 11 is 1.24. The van der Waals surface area contributed by atoms with E-state index in [4.69, 9.17) is 0 Å². The van der Waals surface area contributed by atoms with Crippen LogP contribution in [0.4, 0.5) is 5.69 Å². The average Bonchev–Trinajstić information content (AvgIpc) is 3.06. The van der Waals surface area contributed by atoms with Crippen molar-refractivity contribution in [1.29, 1.82) is 0 Å². The van der Waals surface area contributed by atoms with Gasteiger partial charge in [0.2, 0.25) is 5.91 Å². The second kappa shape index (κ2) is 10.3. The molecule has 31 heavy (non-hydrogen) atoms. The summed E-state index contributed by atoms with van der Waals surface area (Å²) in [7, 11) is 0. The van der Waals surface area contributed by atoms with Gasteiger partial charge in [-0.1, -0.05) is 73.6 Å².